The third-order valence-electron chi connectivity index (χ3n) is 6.51. The maximum Gasteiger partial charge on any atom is 0.317 e. The van der Waals surface area contributed by atoms with Gasteiger partial charge in [0.2, 0.25) is 15.9 Å². The van der Waals surface area contributed by atoms with Crippen molar-refractivity contribution in [3.8, 4) is 0 Å². The smallest absolute Gasteiger partial charge is 0.317 e. The maximum atomic E-state index is 12.6. The molecule has 2 aliphatic heterocycles. The quantitative estimate of drug-likeness (QED) is 0.699. The van der Waals surface area contributed by atoms with Crippen molar-refractivity contribution in [3.05, 3.63) is 35.9 Å². The molecule has 3 aliphatic rings. The molecule has 174 valence electrons. The first-order chi connectivity index (χ1) is 15.4. The van der Waals surface area contributed by atoms with E-state index in [9.17, 15) is 18.0 Å². The molecule has 4 rings (SSSR count). The first-order valence-electron chi connectivity index (χ1n) is 11.6. The fraction of sp³-hybridized carbons (Fsp3) is 0.565. The van der Waals surface area contributed by atoms with E-state index < -0.39 is 10.0 Å². The summed E-state index contributed by atoms with van der Waals surface area (Å²) in [6, 6.07) is 7.46. The van der Waals surface area contributed by atoms with Crippen molar-refractivity contribution in [1.82, 2.24) is 15.1 Å². The molecule has 1 aromatic carbocycles. The van der Waals surface area contributed by atoms with Gasteiger partial charge in [-0.2, -0.15) is 0 Å². The standard InChI is InChI=1S/C23H32N4O4S/c28-22(12-9-19-7-10-21(11-8-19)27-13-4-18-32(27,30)31)25-14-16-26(17-15-25)23(29)24-20-5-2-1-3-6-20/h7-12,20H,1-6,13-18H2,(H,24,29)/b12-9+. The second kappa shape index (κ2) is 9.94. The number of hydrogen-bond acceptors (Lipinski definition) is 4. The van der Waals surface area contributed by atoms with Crippen LogP contribution in [0.4, 0.5) is 10.5 Å². The molecule has 0 unspecified atom stereocenters. The predicted octanol–water partition coefficient (Wildman–Crippen LogP) is 2.43. The van der Waals surface area contributed by atoms with Crippen molar-refractivity contribution in [1.29, 1.82) is 0 Å². The molecule has 2 saturated heterocycles. The molecule has 0 bridgehead atoms. The van der Waals surface area contributed by atoms with Gasteiger partial charge in [0, 0.05) is 44.8 Å². The highest BCUT2D eigenvalue weighted by Gasteiger charge is 2.28. The molecule has 1 aromatic rings. The van der Waals surface area contributed by atoms with E-state index in [1.54, 1.807) is 34.1 Å². The molecule has 2 heterocycles. The summed E-state index contributed by atoms with van der Waals surface area (Å²) in [5.74, 6) is 0.113. The van der Waals surface area contributed by atoms with Crippen molar-refractivity contribution < 1.29 is 18.0 Å². The maximum absolute atomic E-state index is 12.6. The zero-order valence-corrected chi connectivity index (χ0v) is 19.2. The Labute approximate surface area is 190 Å². The molecule has 8 nitrogen and oxygen atoms in total. The van der Waals surface area contributed by atoms with Crippen LogP contribution in [-0.4, -0.2) is 74.7 Å². The number of hydrogen-bond donors (Lipinski definition) is 1. The van der Waals surface area contributed by atoms with Crippen LogP contribution in [0.15, 0.2) is 30.3 Å². The Bertz CT molecular complexity index is 947. The number of benzene rings is 1. The minimum atomic E-state index is -3.19. The van der Waals surface area contributed by atoms with E-state index in [0.717, 1.165) is 18.4 Å². The van der Waals surface area contributed by atoms with Gasteiger partial charge in [-0.3, -0.25) is 9.10 Å². The Morgan fingerprint density at radius 2 is 1.53 bits per heavy atom. The minimum Gasteiger partial charge on any atom is -0.336 e. The lowest BCUT2D eigenvalue weighted by molar-refractivity contribution is -0.127. The van der Waals surface area contributed by atoms with Gasteiger partial charge in [0.25, 0.3) is 0 Å². The van der Waals surface area contributed by atoms with Gasteiger partial charge in [0.1, 0.15) is 0 Å². The van der Waals surface area contributed by atoms with Crippen LogP contribution in [0.3, 0.4) is 0 Å². The molecular weight excluding hydrogens is 428 g/mol. The molecule has 0 atom stereocenters. The third kappa shape index (κ3) is 5.43. The normalized spacial score (nSPS) is 21.8. The minimum absolute atomic E-state index is 0.0142. The highest BCUT2D eigenvalue weighted by Crippen LogP contribution is 2.24. The first-order valence-corrected chi connectivity index (χ1v) is 13.2. The number of amides is 3. The van der Waals surface area contributed by atoms with Gasteiger partial charge in [0.05, 0.1) is 11.4 Å². The number of carbonyl (C=O) groups excluding carboxylic acids is 2. The Morgan fingerprint density at radius 1 is 0.875 bits per heavy atom. The summed E-state index contributed by atoms with van der Waals surface area (Å²) >= 11 is 0. The highest BCUT2D eigenvalue weighted by atomic mass is 32.2. The highest BCUT2D eigenvalue weighted by molar-refractivity contribution is 7.93. The van der Waals surface area contributed by atoms with E-state index in [4.69, 9.17) is 0 Å². The number of piperazine rings is 1. The van der Waals surface area contributed by atoms with Crippen LogP contribution < -0.4 is 9.62 Å². The zero-order valence-electron chi connectivity index (χ0n) is 18.4. The molecule has 9 heteroatoms. The van der Waals surface area contributed by atoms with Crippen LogP contribution in [0.1, 0.15) is 44.1 Å². The van der Waals surface area contributed by atoms with E-state index in [1.165, 1.54) is 23.6 Å². The number of rotatable bonds is 4. The second-order valence-electron chi connectivity index (χ2n) is 8.76. The topological polar surface area (TPSA) is 90.0 Å². The van der Waals surface area contributed by atoms with Crippen LogP contribution in [0.2, 0.25) is 0 Å². The van der Waals surface area contributed by atoms with Crippen molar-refractivity contribution in [2.45, 2.75) is 44.6 Å². The van der Waals surface area contributed by atoms with E-state index in [0.29, 0.717) is 44.8 Å². The van der Waals surface area contributed by atoms with Gasteiger partial charge in [-0.05, 0) is 43.0 Å². The van der Waals surface area contributed by atoms with Crippen LogP contribution in [-0.2, 0) is 14.8 Å². The molecule has 1 aliphatic carbocycles. The number of nitrogens with one attached hydrogen (secondary N) is 1. The molecule has 3 amide bonds. The average Bonchev–Trinajstić information content (AvgIpc) is 3.17. The fourth-order valence-electron chi connectivity index (χ4n) is 4.60. The van der Waals surface area contributed by atoms with Gasteiger partial charge in [0.15, 0.2) is 0 Å². The third-order valence-corrected chi connectivity index (χ3v) is 8.38. The molecule has 0 radical (unpaired) electrons. The summed E-state index contributed by atoms with van der Waals surface area (Å²) in [7, 11) is -3.19. The fourth-order valence-corrected chi connectivity index (χ4v) is 6.16. The zero-order chi connectivity index (χ0) is 22.6. The number of sulfonamides is 1. The molecule has 3 fully saturated rings. The molecule has 0 aromatic heterocycles. The second-order valence-corrected chi connectivity index (χ2v) is 10.8. The molecule has 1 saturated carbocycles. The van der Waals surface area contributed by atoms with Crippen molar-refractivity contribution in [2.75, 3.05) is 42.8 Å². The number of anilines is 1. The van der Waals surface area contributed by atoms with E-state index in [-0.39, 0.29) is 23.7 Å². The first kappa shape index (κ1) is 22.6. The van der Waals surface area contributed by atoms with E-state index >= 15 is 0 Å². The Hall–Kier alpha value is -2.55. The summed E-state index contributed by atoms with van der Waals surface area (Å²) in [6.07, 6.45) is 9.66. The number of urea groups is 1. The lowest BCUT2D eigenvalue weighted by Crippen LogP contribution is -2.54. The molecule has 0 spiro atoms. The van der Waals surface area contributed by atoms with Gasteiger partial charge >= 0.3 is 6.03 Å². The average molecular weight is 461 g/mol. The van der Waals surface area contributed by atoms with Crippen LogP contribution in [0.5, 0.6) is 0 Å². The van der Waals surface area contributed by atoms with Crippen molar-refractivity contribution in [3.63, 3.8) is 0 Å². The van der Waals surface area contributed by atoms with Gasteiger partial charge in [-0.15, -0.1) is 0 Å². The monoisotopic (exact) mass is 460 g/mol. The van der Waals surface area contributed by atoms with E-state index in [1.807, 2.05) is 12.1 Å². The summed E-state index contributed by atoms with van der Waals surface area (Å²) in [6.45, 7) is 2.63. The van der Waals surface area contributed by atoms with Gasteiger partial charge < -0.3 is 15.1 Å². The Balaban J connectivity index is 1.25. The van der Waals surface area contributed by atoms with E-state index in [2.05, 4.69) is 5.32 Å². The SMILES string of the molecule is O=C(/C=C/c1ccc(N2CCCS2(=O)=O)cc1)N1CCN(C(=O)NC2CCCCC2)CC1. The lowest BCUT2D eigenvalue weighted by atomic mass is 9.96. The summed E-state index contributed by atoms with van der Waals surface area (Å²) < 4.78 is 25.5. The lowest BCUT2D eigenvalue weighted by Gasteiger charge is -2.35. The summed E-state index contributed by atoms with van der Waals surface area (Å²) in [4.78, 5) is 28.6. The Morgan fingerprint density at radius 3 is 2.16 bits per heavy atom. The predicted molar refractivity (Wildman–Crippen MR) is 125 cm³/mol. The van der Waals surface area contributed by atoms with Crippen LogP contribution in [0.25, 0.3) is 6.08 Å². The van der Waals surface area contributed by atoms with Crippen LogP contribution in [0, 0.1) is 0 Å². The summed E-state index contributed by atoms with van der Waals surface area (Å²) in [5.41, 5.74) is 1.50. The largest absolute Gasteiger partial charge is 0.336 e. The molecule has 32 heavy (non-hydrogen) atoms. The van der Waals surface area contributed by atoms with Gasteiger partial charge in [-0.1, -0.05) is 31.4 Å². The van der Waals surface area contributed by atoms with Crippen molar-refractivity contribution >= 4 is 33.7 Å². The Kier molecular flexibility index (Phi) is 7.03. The molecular formula is C23H32N4O4S. The number of nitrogens with zero attached hydrogens (tertiary/aromatic N) is 3. The van der Waals surface area contributed by atoms with Gasteiger partial charge in [-0.25, -0.2) is 13.2 Å². The van der Waals surface area contributed by atoms with Crippen molar-refractivity contribution in [2.24, 2.45) is 0 Å². The summed E-state index contributed by atoms with van der Waals surface area (Å²) in [5, 5.41) is 3.14. The molecule has 1 N–H and O–H groups in total. The van der Waals surface area contributed by atoms with Crippen LogP contribution >= 0.6 is 0 Å². The number of carbonyl (C=O) groups is 2.